The molecule has 1 saturated carbocycles. The van der Waals surface area contributed by atoms with Crippen LogP contribution in [-0.2, 0) is 16.0 Å². The number of hydrogen-bond donors (Lipinski definition) is 2. The summed E-state index contributed by atoms with van der Waals surface area (Å²) >= 11 is 0. The molecule has 4 nitrogen and oxygen atoms in total. The molecule has 0 unspecified atom stereocenters. The minimum atomic E-state index is 0.0417. The largest absolute Gasteiger partial charge is 0.396 e. The Hall–Kier alpha value is -1.39. The van der Waals surface area contributed by atoms with Crippen molar-refractivity contribution in [1.82, 2.24) is 5.32 Å². The summed E-state index contributed by atoms with van der Waals surface area (Å²) in [6.07, 6.45) is 15.4. The van der Waals surface area contributed by atoms with Crippen molar-refractivity contribution in [1.29, 1.82) is 0 Å². The predicted molar refractivity (Wildman–Crippen MR) is 134 cm³/mol. The standard InChI is InChI=1S/C14H22.C6H12O.C5H12O.C2H5NO/c1-2-3-4-5-6-8-11-14-12-9-7-10-13-14;7-5-6-3-1-2-4-6;1-5(2,3)6-4;1-3-2-4/h7,9-10,12-13H,2-6,8,11H2,1H3;6-7H,1-5H2;1-4H3;2H,1H3,(H,3,4). The zero-order valence-corrected chi connectivity index (χ0v) is 21.3. The van der Waals surface area contributed by atoms with Gasteiger partial charge in [-0.25, -0.2) is 0 Å². The number of unbranched alkanes of at least 4 members (excludes halogenated alkanes) is 5. The summed E-state index contributed by atoms with van der Waals surface area (Å²) < 4.78 is 4.94. The zero-order chi connectivity index (χ0) is 23.8. The van der Waals surface area contributed by atoms with E-state index in [2.05, 4.69) is 42.6 Å². The van der Waals surface area contributed by atoms with Crippen molar-refractivity contribution >= 4 is 6.41 Å². The van der Waals surface area contributed by atoms with Crippen molar-refractivity contribution in [3.63, 3.8) is 0 Å². The third kappa shape index (κ3) is 26.6. The van der Waals surface area contributed by atoms with E-state index in [9.17, 15) is 0 Å². The first-order valence-electron chi connectivity index (χ1n) is 12.1. The first kappa shape index (κ1) is 31.8. The third-order valence-corrected chi connectivity index (χ3v) is 5.12. The molecule has 0 aromatic heterocycles. The van der Waals surface area contributed by atoms with E-state index in [-0.39, 0.29) is 5.60 Å². The lowest BCUT2D eigenvalue weighted by Gasteiger charge is -2.14. The van der Waals surface area contributed by atoms with Gasteiger partial charge in [-0.15, -0.1) is 0 Å². The third-order valence-electron chi connectivity index (χ3n) is 5.12. The van der Waals surface area contributed by atoms with Crippen LogP contribution in [0.2, 0.25) is 0 Å². The number of aliphatic hydroxyl groups is 1. The highest BCUT2D eigenvalue weighted by molar-refractivity contribution is 5.44. The molecule has 1 aromatic carbocycles. The number of methoxy groups -OCH3 is 1. The highest BCUT2D eigenvalue weighted by atomic mass is 16.5. The number of rotatable bonds is 9. The van der Waals surface area contributed by atoms with Crippen molar-refractivity contribution in [2.24, 2.45) is 5.92 Å². The Labute approximate surface area is 193 Å². The molecule has 0 spiro atoms. The molecule has 0 radical (unpaired) electrons. The Morgan fingerprint density at radius 2 is 1.52 bits per heavy atom. The summed E-state index contributed by atoms with van der Waals surface area (Å²) in [4.78, 5) is 9.06. The summed E-state index contributed by atoms with van der Waals surface area (Å²) in [6, 6.07) is 10.8. The monoisotopic (exact) mass is 437 g/mol. The Balaban J connectivity index is 0. The van der Waals surface area contributed by atoms with Crippen molar-refractivity contribution in [3.8, 4) is 0 Å². The molecule has 1 fully saturated rings. The van der Waals surface area contributed by atoms with Gasteiger partial charge in [0.05, 0.1) is 5.60 Å². The number of nitrogens with one attached hydrogen (secondary N) is 1. The molecule has 0 saturated heterocycles. The van der Waals surface area contributed by atoms with E-state index < -0.39 is 0 Å². The van der Waals surface area contributed by atoms with Crippen molar-refractivity contribution in [2.45, 2.75) is 104 Å². The fourth-order valence-corrected chi connectivity index (χ4v) is 2.95. The average molecular weight is 438 g/mol. The van der Waals surface area contributed by atoms with Crippen molar-refractivity contribution in [2.75, 3.05) is 20.8 Å². The molecule has 0 heterocycles. The number of aliphatic hydroxyl groups excluding tert-OH is 1. The number of carbonyl (C=O) groups excluding carboxylic acids is 1. The van der Waals surface area contributed by atoms with Crippen LogP contribution in [0.25, 0.3) is 0 Å². The first-order chi connectivity index (χ1) is 14.8. The summed E-state index contributed by atoms with van der Waals surface area (Å²) in [7, 11) is 3.27. The van der Waals surface area contributed by atoms with E-state index in [1.165, 1.54) is 76.2 Å². The van der Waals surface area contributed by atoms with Gasteiger partial charge in [-0.3, -0.25) is 4.79 Å². The lowest BCUT2D eigenvalue weighted by Crippen LogP contribution is -2.15. The molecule has 0 bridgehead atoms. The van der Waals surface area contributed by atoms with Crippen LogP contribution >= 0.6 is 0 Å². The molecule has 1 amide bonds. The highest BCUT2D eigenvalue weighted by Gasteiger charge is 2.12. The fraction of sp³-hybridized carbons (Fsp3) is 0.741. The molecule has 2 rings (SSSR count). The molecule has 31 heavy (non-hydrogen) atoms. The van der Waals surface area contributed by atoms with Gasteiger partial charge in [0.25, 0.3) is 0 Å². The van der Waals surface area contributed by atoms with Crippen LogP contribution in [0.4, 0.5) is 0 Å². The zero-order valence-electron chi connectivity index (χ0n) is 21.3. The maximum Gasteiger partial charge on any atom is 0.206 e. The van der Waals surface area contributed by atoms with Gasteiger partial charge in [-0.2, -0.15) is 0 Å². The number of carbonyl (C=O) groups is 1. The first-order valence-corrected chi connectivity index (χ1v) is 12.1. The molecule has 0 aliphatic heterocycles. The van der Waals surface area contributed by atoms with E-state index in [1.807, 2.05) is 20.8 Å². The van der Waals surface area contributed by atoms with Crippen LogP contribution in [0.5, 0.6) is 0 Å². The van der Waals surface area contributed by atoms with Gasteiger partial charge >= 0.3 is 0 Å². The predicted octanol–water partition coefficient (Wildman–Crippen LogP) is 6.55. The second-order valence-electron chi connectivity index (χ2n) is 9.06. The van der Waals surface area contributed by atoms with Crippen LogP contribution in [0, 0.1) is 5.92 Å². The van der Waals surface area contributed by atoms with Crippen LogP contribution in [0.3, 0.4) is 0 Å². The minimum absolute atomic E-state index is 0.0417. The van der Waals surface area contributed by atoms with Crippen molar-refractivity contribution < 1.29 is 14.6 Å². The Kier molecular flexibility index (Phi) is 23.9. The molecule has 1 aromatic rings. The Morgan fingerprint density at radius 3 is 1.90 bits per heavy atom. The van der Waals surface area contributed by atoms with Gasteiger partial charge < -0.3 is 15.2 Å². The number of ether oxygens (including phenoxy) is 1. The molecule has 182 valence electrons. The molecular formula is C27H51NO3. The molecule has 4 heteroatoms. The van der Waals surface area contributed by atoms with E-state index in [0.717, 1.165) is 0 Å². The average Bonchev–Trinajstić information content (AvgIpc) is 3.31. The van der Waals surface area contributed by atoms with Gasteiger partial charge in [0.15, 0.2) is 0 Å². The number of benzene rings is 1. The number of amides is 1. The summed E-state index contributed by atoms with van der Waals surface area (Å²) in [6.45, 7) is 8.75. The van der Waals surface area contributed by atoms with Gasteiger partial charge in [0.2, 0.25) is 6.41 Å². The second kappa shape index (κ2) is 23.3. The van der Waals surface area contributed by atoms with E-state index >= 15 is 0 Å². The molecule has 1 aliphatic rings. The molecule has 2 N–H and O–H groups in total. The maximum absolute atomic E-state index is 9.06. The summed E-state index contributed by atoms with van der Waals surface area (Å²) in [5.74, 6) is 0.653. The normalized spacial score (nSPS) is 13.0. The lowest BCUT2D eigenvalue weighted by molar-refractivity contribution is -0.109. The Bertz CT molecular complexity index is 465. The van der Waals surface area contributed by atoms with Gasteiger partial charge in [0.1, 0.15) is 0 Å². The summed E-state index contributed by atoms with van der Waals surface area (Å²) in [5, 5.41) is 10.8. The quantitative estimate of drug-likeness (QED) is 0.340. The number of hydrogen-bond acceptors (Lipinski definition) is 3. The van der Waals surface area contributed by atoms with Gasteiger partial charge in [-0.05, 0) is 57.9 Å². The van der Waals surface area contributed by atoms with E-state index in [4.69, 9.17) is 14.6 Å². The minimum Gasteiger partial charge on any atom is -0.396 e. The molecule has 0 atom stereocenters. The Morgan fingerprint density at radius 1 is 1.03 bits per heavy atom. The molecular weight excluding hydrogens is 386 g/mol. The van der Waals surface area contributed by atoms with Crippen LogP contribution in [0.15, 0.2) is 30.3 Å². The number of aryl methyl sites for hydroxylation is 1. The van der Waals surface area contributed by atoms with Crippen LogP contribution < -0.4 is 5.32 Å². The van der Waals surface area contributed by atoms with Crippen molar-refractivity contribution in [3.05, 3.63) is 35.9 Å². The SMILES string of the molecule is CCCCCCCCc1ccccc1.CNC=O.COC(C)(C)C.OCC1CCCC1. The van der Waals surface area contributed by atoms with Gasteiger partial charge in [-0.1, -0.05) is 82.2 Å². The van der Waals surface area contributed by atoms with Crippen LogP contribution in [0.1, 0.15) is 97.5 Å². The van der Waals surface area contributed by atoms with Gasteiger partial charge in [0, 0.05) is 20.8 Å². The van der Waals surface area contributed by atoms with E-state index in [0.29, 0.717) is 18.9 Å². The maximum atomic E-state index is 9.06. The summed E-state index contributed by atoms with van der Waals surface area (Å²) in [5.41, 5.74) is 1.53. The van der Waals surface area contributed by atoms with Crippen LogP contribution in [-0.4, -0.2) is 37.9 Å². The topological polar surface area (TPSA) is 58.6 Å². The molecule has 1 aliphatic carbocycles. The van der Waals surface area contributed by atoms with E-state index in [1.54, 1.807) is 14.2 Å². The smallest absolute Gasteiger partial charge is 0.206 e. The second-order valence-corrected chi connectivity index (χ2v) is 9.06. The highest BCUT2D eigenvalue weighted by Crippen LogP contribution is 2.23. The fourth-order valence-electron chi connectivity index (χ4n) is 2.95. The lowest BCUT2D eigenvalue weighted by atomic mass is 10.1.